The first-order valence-electron chi connectivity index (χ1n) is 10.9. The number of amides is 1. The van der Waals surface area contributed by atoms with E-state index in [1.807, 2.05) is 17.0 Å². The maximum Gasteiger partial charge on any atom is 0.256 e. The van der Waals surface area contributed by atoms with Crippen molar-refractivity contribution in [3.05, 3.63) is 77.0 Å². The summed E-state index contributed by atoms with van der Waals surface area (Å²) < 4.78 is 44.7. The summed E-state index contributed by atoms with van der Waals surface area (Å²) in [4.78, 5) is 15.5. The number of aryl methyl sites for hydroxylation is 1. The van der Waals surface area contributed by atoms with Crippen molar-refractivity contribution in [2.75, 3.05) is 0 Å². The van der Waals surface area contributed by atoms with Gasteiger partial charge in [0, 0.05) is 36.6 Å². The molecular weight excluding hydrogens is 431 g/mol. The number of nitrogens with zero attached hydrogens (tertiary/aromatic N) is 5. The van der Waals surface area contributed by atoms with Crippen LogP contribution in [0.2, 0.25) is 0 Å². The number of piperidine rings is 1. The Morgan fingerprint density at radius 2 is 1.88 bits per heavy atom. The van der Waals surface area contributed by atoms with Gasteiger partial charge in [0.05, 0.1) is 28.5 Å². The molecule has 0 unspecified atom stereocenters. The van der Waals surface area contributed by atoms with Gasteiger partial charge in [0.1, 0.15) is 0 Å². The first-order valence-corrected chi connectivity index (χ1v) is 10.9. The molecule has 2 atom stereocenters. The fourth-order valence-electron chi connectivity index (χ4n) is 5.39. The molecule has 5 heterocycles. The summed E-state index contributed by atoms with van der Waals surface area (Å²) in [6, 6.07) is 7.25. The van der Waals surface area contributed by atoms with Crippen molar-refractivity contribution >= 4 is 11.4 Å². The first-order chi connectivity index (χ1) is 15.9. The van der Waals surface area contributed by atoms with E-state index in [2.05, 4.69) is 10.2 Å². The van der Waals surface area contributed by atoms with Crippen LogP contribution in [0.25, 0.3) is 16.8 Å². The Morgan fingerprint density at radius 1 is 1.09 bits per heavy atom. The van der Waals surface area contributed by atoms with Gasteiger partial charge in [-0.1, -0.05) is 0 Å². The van der Waals surface area contributed by atoms with E-state index >= 15 is 0 Å². The van der Waals surface area contributed by atoms with E-state index in [1.54, 1.807) is 34.7 Å². The lowest BCUT2D eigenvalue weighted by Gasteiger charge is -2.45. The number of halogens is 3. The maximum atomic E-state index is 14.0. The molecule has 4 aromatic rings. The molecule has 2 bridgehead atoms. The Balaban J connectivity index is 1.43. The van der Waals surface area contributed by atoms with Crippen molar-refractivity contribution in [3.63, 3.8) is 0 Å². The van der Waals surface area contributed by atoms with Gasteiger partial charge in [-0.3, -0.25) is 9.48 Å². The fourth-order valence-corrected chi connectivity index (χ4v) is 5.39. The van der Waals surface area contributed by atoms with Gasteiger partial charge >= 0.3 is 0 Å². The van der Waals surface area contributed by atoms with Gasteiger partial charge in [-0.2, -0.15) is 10.2 Å². The van der Waals surface area contributed by atoms with Crippen molar-refractivity contribution in [1.29, 1.82) is 0 Å². The highest BCUT2D eigenvalue weighted by atomic mass is 19.2. The predicted octanol–water partition coefficient (Wildman–Crippen LogP) is 4.44. The SMILES string of the molecule is Cn1nc2c(c1-c1cc(F)c(F)c(F)c1)C[C@H]1CCC[C@@H]2N1C(=O)c1ccc2ccnn2c1. The van der Waals surface area contributed by atoms with Crippen LogP contribution in [0.3, 0.4) is 0 Å². The van der Waals surface area contributed by atoms with Crippen LogP contribution < -0.4 is 0 Å². The second-order valence-corrected chi connectivity index (χ2v) is 8.73. The number of rotatable bonds is 2. The van der Waals surface area contributed by atoms with Gasteiger partial charge in [-0.25, -0.2) is 17.7 Å². The molecule has 1 fully saturated rings. The maximum absolute atomic E-state index is 14.0. The van der Waals surface area contributed by atoms with Crippen LogP contribution in [-0.4, -0.2) is 36.2 Å². The smallest absolute Gasteiger partial charge is 0.256 e. The van der Waals surface area contributed by atoms with E-state index in [0.717, 1.165) is 48.2 Å². The van der Waals surface area contributed by atoms with Gasteiger partial charge in [0.15, 0.2) is 17.5 Å². The lowest BCUT2D eigenvalue weighted by Crippen LogP contribution is -2.49. The number of pyridine rings is 1. The van der Waals surface area contributed by atoms with Gasteiger partial charge in [0.25, 0.3) is 5.91 Å². The Bertz CT molecular complexity index is 1400. The summed E-state index contributed by atoms with van der Waals surface area (Å²) >= 11 is 0. The van der Waals surface area contributed by atoms with E-state index in [-0.39, 0.29) is 23.6 Å². The van der Waals surface area contributed by atoms with Crippen LogP contribution >= 0.6 is 0 Å². The number of carbonyl (C=O) groups is 1. The number of aromatic nitrogens is 4. The second kappa shape index (κ2) is 7.19. The molecule has 2 aliphatic heterocycles. The van der Waals surface area contributed by atoms with E-state index in [4.69, 9.17) is 0 Å². The van der Waals surface area contributed by atoms with Crippen molar-refractivity contribution in [3.8, 4) is 11.3 Å². The highest BCUT2D eigenvalue weighted by Gasteiger charge is 2.43. The molecule has 0 radical (unpaired) electrons. The minimum Gasteiger partial charge on any atom is -0.327 e. The third kappa shape index (κ3) is 2.98. The second-order valence-electron chi connectivity index (χ2n) is 8.73. The first kappa shape index (κ1) is 20.0. The summed E-state index contributed by atoms with van der Waals surface area (Å²) in [5.74, 6) is -4.04. The molecule has 2 aliphatic rings. The summed E-state index contributed by atoms with van der Waals surface area (Å²) in [7, 11) is 1.70. The summed E-state index contributed by atoms with van der Waals surface area (Å²) in [5, 5.41) is 8.89. The number of fused-ring (bicyclic) bond motifs is 5. The minimum absolute atomic E-state index is 0.0600. The molecule has 1 aromatic carbocycles. The van der Waals surface area contributed by atoms with E-state index in [9.17, 15) is 18.0 Å². The minimum atomic E-state index is -1.49. The summed E-state index contributed by atoms with van der Waals surface area (Å²) in [5.41, 5.74) is 3.85. The van der Waals surface area contributed by atoms with Gasteiger partial charge in [-0.15, -0.1) is 0 Å². The van der Waals surface area contributed by atoms with Crippen LogP contribution in [0.4, 0.5) is 13.2 Å². The Hall–Kier alpha value is -3.62. The number of hydrogen-bond donors (Lipinski definition) is 0. The van der Waals surface area contributed by atoms with E-state index in [0.29, 0.717) is 17.7 Å². The Kier molecular flexibility index (Phi) is 4.36. The molecule has 1 amide bonds. The molecular formula is C24H20F3N5O. The van der Waals surface area contributed by atoms with Crippen LogP contribution in [-0.2, 0) is 13.5 Å². The highest BCUT2D eigenvalue weighted by molar-refractivity contribution is 5.95. The van der Waals surface area contributed by atoms with Gasteiger partial charge in [-0.05, 0) is 56.0 Å². The van der Waals surface area contributed by atoms with Crippen LogP contribution in [0.5, 0.6) is 0 Å². The molecule has 3 aromatic heterocycles. The van der Waals surface area contributed by atoms with Crippen LogP contribution in [0.15, 0.2) is 42.7 Å². The molecule has 168 valence electrons. The zero-order chi connectivity index (χ0) is 22.9. The average Bonchev–Trinajstić information content (AvgIpc) is 3.39. The molecule has 6 nitrogen and oxygen atoms in total. The number of carbonyl (C=O) groups excluding carboxylic acids is 1. The quantitative estimate of drug-likeness (QED) is 0.424. The van der Waals surface area contributed by atoms with Crippen LogP contribution in [0.1, 0.15) is 46.9 Å². The Morgan fingerprint density at radius 3 is 2.67 bits per heavy atom. The molecule has 0 spiro atoms. The summed E-state index contributed by atoms with van der Waals surface area (Å²) in [6.07, 6.45) is 6.47. The molecule has 0 N–H and O–H groups in total. The van der Waals surface area contributed by atoms with Crippen molar-refractivity contribution in [2.24, 2.45) is 7.05 Å². The standard InChI is InChI=1S/C24H20F3N5O/c1-30-23(14-9-18(25)21(27)19(26)10-14)17-11-16-3-2-4-20(22(17)29-30)32(16)24(33)13-5-6-15-7-8-28-31(15)12-13/h5-10,12,16,20H,2-4,11H2,1H3/t16-,20+/m1/s1. The highest BCUT2D eigenvalue weighted by Crippen LogP contribution is 2.45. The molecule has 9 heteroatoms. The lowest BCUT2D eigenvalue weighted by atomic mass is 9.81. The monoisotopic (exact) mass is 451 g/mol. The van der Waals surface area contributed by atoms with Crippen molar-refractivity contribution in [1.82, 2.24) is 24.3 Å². The van der Waals surface area contributed by atoms with E-state index < -0.39 is 17.5 Å². The summed E-state index contributed by atoms with van der Waals surface area (Å²) in [6.45, 7) is 0. The lowest BCUT2D eigenvalue weighted by molar-refractivity contribution is 0.0391. The zero-order valence-electron chi connectivity index (χ0n) is 17.8. The van der Waals surface area contributed by atoms with Gasteiger partial charge in [0.2, 0.25) is 0 Å². The Labute approximate surface area is 187 Å². The third-order valence-electron chi connectivity index (χ3n) is 6.81. The van der Waals surface area contributed by atoms with E-state index in [1.165, 1.54) is 0 Å². The zero-order valence-corrected chi connectivity index (χ0v) is 17.8. The largest absolute Gasteiger partial charge is 0.327 e. The van der Waals surface area contributed by atoms with Crippen molar-refractivity contribution in [2.45, 2.75) is 37.8 Å². The van der Waals surface area contributed by atoms with Crippen molar-refractivity contribution < 1.29 is 18.0 Å². The number of benzene rings is 1. The molecule has 0 aliphatic carbocycles. The fraction of sp³-hybridized carbons (Fsp3) is 0.292. The van der Waals surface area contributed by atoms with Crippen LogP contribution in [0, 0.1) is 17.5 Å². The third-order valence-corrected chi connectivity index (χ3v) is 6.81. The molecule has 1 saturated heterocycles. The predicted molar refractivity (Wildman–Crippen MR) is 114 cm³/mol. The molecule has 0 saturated carbocycles. The number of hydrogen-bond acceptors (Lipinski definition) is 3. The normalized spacial score (nSPS) is 19.7. The average molecular weight is 451 g/mol. The van der Waals surface area contributed by atoms with Gasteiger partial charge < -0.3 is 4.90 Å². The topological polar surface area (TPSA) is 55.4 Å². The molecule has 6 rings (SSSR count). The molecule has 33 heavy (non-hydrogen) atoms.